The van der Waals surface area contributed by atoms with E-state index in [1.165, 1.54) is 0 Å². The number of azo groups is 1. The maximum Gasteiger partial charge on any atom is 0.250 e. The van der Waals surface area contributed by atoms with Gasteiger partial charge in [0.2, 0.25) is 5.91 Å². The Labute approximate surface area is 116 Å². The first-order chi connectivity index (χ1) is 9.68. The van der Waals surface area contributed by atoms with Crippen molar-refractivity contribution in [2.75, 3.05) is 0 Å². The van der Waals surface area contributed by atoms with Gasteiger partial charge in [-0.3, -0.25) is 4.79 Å². The molecular formula is C15H14N4O. The van der Waals surface area contributed by atoms with E-state index in [0.29, 0.717) is 11.3 Å². The first-order valence-corrected chi connectivity index (χ1v) is 6.07. The Morgan fingerprint density at radius 1 is 1.00 bits per heavy atom. The van der Waals surface area contributed by atoms with E-state index in [4.69, 9.17) is 11.1 Å². The third-order valence-electron chi connectivity index (χ3n) is 2.67. The number of carbonyl (C=O) groups excluding carboxylic acids is 1. The monoisotopic (exact) mass is 266 g/mol. The highest BCUT2D eigenvalue weighted by Crippen LogP contribution is 2.13. The average molecular weight is 266 g/mol. The largest absolute Gasteiger partial charge is 0.367 e. The highest BCUT2D eigenvalue weighted by molar-refractivity contribution is 6.14. The number of hydrogen-bond acceptors (Lipinski definition) is 4. The zero-order valence-electron chi connectivity index (χ0n) is 10.7. The van der Waals surface area contributed by atoms with Crippen LogP contribution in [-0.4, -0.2) is 17.7 Å². The van der Waals surface area contributed by atoms with E-state index >= 15 is 0 Å². The number of amides is 1. The van der Waals surface area contributed by atoms with E-state index in [-0.39, 0.29) is 5.71 Å². The van der Waals surface area contributed by atoms with Gasteiger partial charge >= 0.3 is 0 Å². The van der Waals surface area contributed by atoms with Crippen molar-refractivity contribution in [1.29, 1.82) is 5.41 Å². The minimum absolute atomic E-state index is 0.0396. The lowest BCUT2D eigenvalue weighted by Crippen LogP contribution is -2.34. The van der Waals surface area contributed by atoms with Crippen molar-refractivity contribution in [1.82, 2.24) is 0 Å². The minimum Gasteiger partial charge on any atom is -0.367 e. The molecule has 0 aliphatic rings. The number of carbonyl (C=O) groups is 1. The van der Waals surface area contributed by atoms with Crippen molar-refractivity contribution in [3.63, 3.8) is 0 Å². The highest BCUT2D eigenvalue weighted by Gasteiger charge is 2.21. The third kappa shape index (κ3) is 3.35. The van der Waals surface area contributed by atoms with Gasteiger partial charge in [0, 0.05) is 0 Å². The van der Waals surface area contributed by atoms with Crippen LogP contribution in [-0.2, 0) is 4.79 Å². The van der Waals surface area contributed by atoms with Gasteiger partial charge in [-0.05, 0) is 17.7 Å². The van der Waals surface area contributed by atoms with Crippen molar-refractivity contribution >= 4 is 17.3 Å². The van der Waals surface area contributed by atoms with Crippen LogP contribution in [0.5, 0.6) is 0 Å². The van der Waals surface area contributed by atoms with Gasteiger partial charge in [-0.1, -0.05) is 48.5 Å². The fraction of sp³-hybridized carbons (Fsp3) is 0.0667. The lowest BCUT2D eigenvalue weighted by Gasteiger charge is -2.09. The van der Waals surface area contributed by atoms with Crippen molar-refractivity contribution in [2.45, 2.75) is 6.04 Å². The summed E-state index contributed by atoms with van der Waals surface area (Å²) in [5, 5.41) is 15.9. The maximum atomic E-state index is 11.5. The molecule has 100 valence electrons. The molecule has 1 unspecified atom stereocenters. The predicted molar refractivity (Wildman–Crippen MR) is 77.2 cm³/mol. The van der Waals surface area contributed by atoms with Gasteiger partial charge in [-0.25, -0.2) is 0 Å². The molecule has 2 rings (SSSR count). The summed E-state index contributed by atoms with van der Waals surface area (Å²) in [6, 6.07) is 16.8. The molecule has 20 heavy (non-hydrogen) atoms. The number of nitrogens with zero attached hydrogens (tertiary/aromatic N) is 2. The lowest BCUT2D eigenvalue weighted by atomic mass is 10.0. The normalized spacial score (nSPS) is 12.2. The molecule has 1 atom stereocenters. The van der Waals surface area contributed by atoms with Gasteiger partial charge in [-0.2, -0.15) is 10.2 Å². The number of nitrogens with one attached hydrogen (secondary N) is 1. The summed E-state index contributed by atoms with van der Waals surface area (Å²) >= 11 is 0. The predicted octanol–water partition coefficient (Wildman–Crippen LogP) is 2.69. The Hall–Kier alpha value is -2.82. The molecule has 3 N–H and O–H groups in total. The minimum atomic E-state index is -1.09. The standard InChI is InChI=1S/C15H14N4O/c16-13(11-7-3-1-4-8-11)14(15(17)20)19-18-12-9-5-2-6-10-12/h1-10,14,16H,(H2,17,20). The van der Waals surface area contributed by atoms with E-state index in [1.54, 1.807) is 36.4 Å². The lowest BCUT2D eigenvalue weighted by molar-refractivity contribution is -0.117. The number of nitrogens with two attached hydrogens (primary N) is 1. The fourth-order valence-corrected chi connectivity index (χ4v) is 1.65. The molecule has 5 heteroatoms. The Morgan fingerprint density at radius 2 is 1.55 bits per heavy atom. The number of rotatable bonds is 5. The molecule has 0 bridgehead atoms. The molecule has 0 radical (unpaired) electrons. The summed E-state index contributed by atoms with van der Waals surface area (Å²) in [6.45, 7) is 0. The summed E-state index contributed by atoms with van der Waals surface area (Å²) in [5.74, 6) is -0.696. The van der Waals surface area contributed by atoms with E-state index in [1.807, 2.05) is 24.3 Å². The molecule has 0 spiro atoms. The van der Waals surface area contributed by atoms with Gasteiger partial charge in [0.1, 0.15) is 0 Å². The third-order valence-corrected chi connectivity index (χ3v) is 2.67. The Bertz CT molecular complexity index is 623. The van der Waals surface area contributed by atoms with Gasteiger partial charge < -0.3 is 11.1 Å². The van der Waals surface area contributed by atoms with Crippen molar-refractivity contribution in [3.8, 4) is 0 Å². The smallest absolute Gasteiger partial charge is 0.250 e. The summed E-state index contributed by atoms with van der Waals surface area (Å²) in [6.07, 6.45) is 0. The first kappa shape index (κ1) is 13.6. The zero-order valence-corrected chi connectivity index (χ0v) is 10.7. The number of primary amides is 1. The highest BCUT2D eigenvalue weighted by atomic mass is 16.1. The van der Waals surface area contributed by atoms with E-state index in [2.05, 4.69) is 10.2 Å². The molecule has 0 aliphatic carbocycles. The van der Waals surface area contributed by atoms with Crippen molar-refractivity contribution in [2.24, 2.45) is 16.0 Å². The second-order valence-electron chi connectivity index (χ2n) is 4.14. The second-order valence-corrected chi connectivity index (χ2v) is 4.14. The van der Waals surface area contributed by atoms with E-state index in [0.717, 1.165) is 0 Å². The Balaban J connectivity index is 2.22. The SMILES string of the molecule is N=C(c1ccccc1)C(N=Nc1ccccc1)C(N)=O. The van der Waals surface area contributed by atoms with Crippen LogP contribution in [0.1, 0.15) is 5.56 Å². The molecule has 5 nitrogen and oxygen atoms in total. The van der Waals surface area contributed by atoms with Crippen LogP contribution in [0.15, 0.2) is 70.9 Å². The van der Waals surface area contributed by atoms with Gasteiger partial charge in [0.15, 0.2) is 6.04 Å². The quantitative estimate of drug-likeness (QED) is 0.632. The Kier molecular flexibility index (Phi) is 4.34. The zero-order chi connectivity index (χ0) is 14.4. The van der Waals surface area contributed by atoms with Gasteiger partial charge in [-0.15, -0.1) is 0 Å². The number of hydrogen-bond donors (Lipinski definition) is 2. The molecular weight excluding hydrogens is 252 g/mol. The first-order valence-electron chi connectivity index (χ1n) is 6.07. The van der Waals surface area contributed by atoms with E-state index < -0.39 is 11.9 Å². The molecule has 0 aromatic heterocycles. The molecule has 0 aliphatic heterocycles. The number of benzene rings is 2. The molecule has 2 aromatic rings. The van der Waals surface area contributed by atoms with Gasteiger partial charge in [0.25, 0.3) is 0 Å². The molecule has 0 saturated carbocycles. The Morgan fingerprint density at radius 3 is 2.10 bits per heavy atom. The van der Waals surface area contributed by atoms with E-state index in [9.17, 15) is 4.79 Å². The van der Waals surface area contributed by atoms with Crippen LogP contribution in [0.2, 0.25) is 0 Å². The van der Waals surface area contributed by atoms with Crippen molar-refractivity contribution < 1.29 is 4.79 Å². The van der Waals surface area contributed by atoms with Crippen LogP contribution < -0.4 is 5.73 Å². The van der Waals surface area contributed by atoms with Gasteiger partial charge in [0.05, 0.1) is 11.4 Å². The fourth-order valence-electron chi connectivity index (χ4n) is 1.65. The molecule has 0 saturated heterocycles. The van der Waals surface area contributed by atoms with Crippen molar-refractivity contribution in [3.05, 3.63) is 66.2 Å². The van der Waals surface area contributed by atoms with Crippen LogP contribution >= 0.6 is 0 Å². The van der Waals surface area contributed by atoms with Crippen LogP contribution in [0.25, 0.3) is 0 Å². The summed E-state index contributed by atoms with van der Waals surface area (Å²) < 4.78 is 0. The molecule has 2 aromatic carbocycles. The maximum absolute atomic E-state index is 11.5. The summed E-state index contributed by atoms with van der Waals surface area (Å²) in [4.78, 5) is 11.5. The molecule has 0 fully saturated rings. The second kappa shape index (κ2) is 6.38. The van der Waals surface area contributed by atoms with Crippen LogP contribution in [0.3, 0.4) is 0 Å². The topological polar surface area (TPSA) is 91.7 Å². The summed E-state index contributed by atoms with van der Waals surface area (Å²) in [7, 11) is 0. The average Bonchev–Trinajstić information content (AvgIpc) is 2.49. The van der Waals surface area contributed by atoms with Crippen LogP contribution in [0, 0.1) is 5.41 Å². The van der Waals surface area contributed by atoms with Crippen LogP contribution in [0.4, 0.5) is 5.69 Å². The summed E-state index contributed by atoms with van der Waals surface area (Å²) in [5.41, 5.74) is 6.56. The molecule has 0 heterocycles. The molecule has 1 amide bonds.